The molecule has 1 fully saturated rings. The van der Waals surface area contributed by atoms with E-state index in [-0.39, 0.29) is 17.2 Å². The smallest absolute Gasteiger partial charge is 0.229 e. The van der Waals surface area contributed by atoms with Gasteiger partial charge in [-0.25, -0.2) is 0 Å². The van der Waals surface area contributed by atoms with Crippen LogP contribution in [-0.2, 0) is 9.59 Å². The average molecular weight is 290 g/mol. The van der Waals surface area contributed by atoms with Crippen molar-refractivity contribution in [2.75, 3.05) is 11.9 Å². The van der Waals surface area contributed by atoms with E-state index in [0.29, 0.717) is 31.7 Å². The van der Waals surface area contributed by atoms with Gasteiger partial charge in [0.15, 0.2) is 0 Å². The van der Waals surface area contributed by atoms with Crippen molar-refractivity contribution in [1.82, 2.24) is 4.90 Å². The Balaban J connectivity index is 2.70. The Morgan fingerprint density at radius 3 is 2.12 bits per heavy atom. The molecule has 1 unspecified atom stereocenters. The lowest BCUT2D eigenvalue weighted by Crippen LogP contribution is -2.45. The number of piperidine rings is 1. The first-order valence-electron chi connectivity index (χ1n) is 5.75. The van der Waals surface area contributed by atoms with Gasteiger partial charge in [-0.3, -0.25) is 14.5 Å². The minimum absolute atomic E-state index is 0.00792. The number of alkyl halides is 1. The van der Waals surface area contributed by atoms with Crippen LogP contribution >= 0.6 is 15.9 Å². The zero-order valence-corrected chi connectivity index (χ0v) is 11.8. The summed E-state index contributed by atoms with van der Waals surface area (Å²) in [7, 11) is 0. The molecule has 0 saturated carbocycles. The normalized spacial score (nSPS) is 20.1. The van der Waals surface area contributed by atoms with Gasteiger partial charge < -0.3 is 0 Å². The summed E-state index contributed by atoms with van der Waals surface area (Å²) in [4.78, 5) is 24.8. The molecule has 1 rings (SSSR count). The zero-order valence-electron chi connectivity index (χ0n) is 10.3. The van der Waals surface area contributed by atoms with Crippen molar-refractivity contribution in [1.29, 1.82) is 0 Å². The molecule has 92 valence electrons. The van der Waals surface area contributed by atoms with E-state index in [0.717, 1.165) is 5.33 Å². The number of hydrogen-bond acceptors (Lipinski definition) is 2. The Labute approximate surface area is 106 Å². The highest BCUT2D eigenvalue weighted by molar-refractivity contribution is 9.09. The van der Waals surface area contributed by atoms with Crippen LogP contribution in [0.4, 0.5) is 0 Å². The van der Waals surface area contributed by atoms with Crippen molar-refractivity contribution >= 4 is 27.7 Å². The lowest BCUT2D eigenvalue weighted by atomic mass is 9.81. The van der Waals surface area contributed by atoms with Crippen LogP contribution in [0.15, 0.2) is 0 Å². The quantitative estimate of drug-likeness (QED) is 0.592. The first-order valence-corrected chi connectivity index (χ1v) is 6.87. The molecular formula is C12H20BrNO2. The SMILES string of the molecule is CC(C)(C)C(CBr)CN1C(=O)CCCC1=O. The number of carbonyl (C=O) groups is 2. The number of nitrogens with zero attached hydrogens (tertiary/aromatic N) is 1. The molecule has 0 aliphatic carbocycles. The van der Waals surface area contributed by atoms with E-state index in [4.69, 9.17) is 0 Å². The topological polar surface area (TPSA) is 37.4 Å². The first kappa shape index (κ1) is 13.7. The van der Waals surface area contributed by atoms with Crippen LogP contribution in [0, 0.1) is 11.3 Å². The third-order valence-corrected chi connectivity index (χ3v) is 3.98. The van der Waals surface area contributed by atoms with Crippen LogP contribution < -0.4 is 0 Å². The van der Waals surface area contributed by atoms with Crippen molar-refractivity contribution in [2.45, 2.75) is 40.0 Å². The monoisotopic (exact) mass is 289 g/mol. The number of halogens is 1. The second kappa shape index (κ2) is 5.30. The maximum atomic E-state index is 11.7. The lowest BCUT2D eigenvalue weighted by Gasteiger charge is -2.34. The number of rotatable bonds is 3. The van der Waals surface area contributed by atoms with Gasteiger partial charge in [0.1, 0.15) is 0 Å². The first-order chi connectivity index (χ1) is 7.36. The van der Waals surface area contributed by atoms with Crippen molar-refractivity contribution in [2.24, 2.45) is 11.3 Å². The van der Waals surface area contributed by atoms with Crippen LogP contribution in [0.5, 0.6) is 0 Å². The maximum absolute atomic E-state index is 11.7. The minimum Gasteiger partial charge on any atom is -0.282 e. The zero-order chi connectivity index (χ0) is 12.3. The molecule has 1 aliphatic heterocycles. The van der Waals surface area contributed by atoms with E-state index in [1.807, 2.05) is 0 Å². The second-order valence-electron chi connectivity index (χ2n) is 5.47. The molecule has 0 bridgehead atoms. The van der Waals surface area contributed by atoms with Gasteiger partial charge in [0.05, 0.1) is 0 Å². The maximum Gasteiger partial charge on any atom is 0.229 e. The predicted molar refractivity (Wildman–Crippen MR) is 67.3 cm³/mol. The Kier molecular flexibility index (Phi) is 4.53. The van der Waals surface area contributed by atoms with Crippen LogP contribution in [0.25, 0.3) is 0 Å². The number of imide groups is 1. The molecule has 2 amide bonds. The molecule has 1 atom stereocenters. The van der Waals surface area contributed by atoms with Gasteiger partial charge >= 0.3 is 0 Å². The van der Waals surface area contributed by atoms with E-state index in [1.165, 1.54) is 4.90 Å². The molecule has 0 aromatic carbocycles. The summed E-state index contributed by atoms with van der Waals surface area (Å²) < 4.78 is 0. The summed E-state index contributed by atoms with van der Waals surface area (Å²) in [6, 6.07) is 0. The highest BCUT2D eigenvalue weighted by Gasteiger charge is 2.32. The predicted octanol–water partition coefficient (Wildman–Crippen LogP) is 2.58. The molecule has 0 radical (unpaired) electrons. The molecule has 16 heavy (non-hydrogen) atoms. The number of carbonyl (C=O) groups excluding carboxylic acids is 2. The number of amides is 2. The summed E-state index contributed by atoms with van der Waals surface area (Å²) in [5, 5.41) is 0.813. The summed E-state index contributed by atoms with van der Waals surface area (Å²) >= 11 is 3.47. The largest absolute Gasteiger partial charge is 0.282 e. The van der Waals surface area contributed by atoms with E-state index < -0.39 is 0 Å². The van der Waals surface area contributed by atoms with Gasteiger partial charge in [-0.1, -0.05) is 36.7 Å². The molecule has 0 spiro atoms. The Hall–Kier alpha value is -0.380. The van der Waals surface area contributed by atoms with Crippen molar-refractivity contribution in [3.8, 4) is 0 Å². The van der Waals surface area contributed by atoms with E-state index in [2.05, 4.69) is 36.7 Å². The van der Waals surface area contributed by atoms with Crippen molar-refractivity contribution in [3.05, 3.63) is 0 Å². The molecule has 1 aliphatic rings. The molecule has 4 heteroatoms. The van der Waals surface area contributed by atoms with Crippen LogP contribution in [-0.4, -0.2) is 28.6 Å². The Morgan fingerprint density at radius 1 is 1.25 bits per heavy atom. The summed E-state index contributed by atoms with van der Waals surface area (Å²) in [6.45, 7) is 6.96. The molecule has 3 nitrogen and oxygen atoms in total. The van der Waals surface area contributed by atoms with Gasteiger partial charge in [-0.05, 0) is 17.8 Å². The van der Waals surface area contributed by atoms with Crippen LogP contribution in [0.3, 0.4) is 0 Å². The van der Waals surface area contributed by atoms with Crippen LogP contribution in [0.1, 0.15) is 40.0 Å². The molecule has 1 saturated heterocycles. The summed E-state index contributed by atoms with van der Waals surface area (Å²) in [5.74, 6) is 0.288. The Morgan fingerprint density at radius 2 is 1.75 bits per heavy atom. The average Bonchev–Trinajstić information content (AvgIpc) is 2.15. The molecule has 1 heterocycles. The fraction of sp³-hybridized carbons (Fsp3) is 0.833. The van der Waals surface area contributed by atoms with Crippen LogP contribution in [0.2, 0.25) is 0 Å². The summed E-state index contributed by atoms with van der Waals surface area (Å²) in [6.07, 6.45) is 1.75. The van der Waals surface area contributed by atoms with Crippen molar-refractivity contribution < 1.29 is 9.59 Å². The molecule has 0 aromatic rings. The van der Waals surface area contributed by atoms with E-state index in [1.54, 1.807) is 0 Å². The molecular weight excluding hydrogens is 270 g/mol. The summed E-state index contributed by atoms with van der Waals surface area (Å²) in [5.41, 5.74) is 0.0987. The van der Waals surface area contributed by atoms with Gasteiger partial charge in [-0.15, -0.1) is 0 Å². The standard InChI is InChI=1S/C12H20BrNO2/c1-12(2,3)9(7-13)8-14-10(15)5-4-6-11(14)16/h9H,4-8H2,1-3H3. The van der Waals surface area contributed by atoms with Gasteiger partial charge in [0, 0.05) is 24.7 Å². The minimum atomic E-state index is -0.00792. The van der Waals surface area contributed by atoms with Gasteiger partial charge in [0.2, 0.25) is 11.8 Å². The third-order valence-electron chi connectivity index (χ3n) is 3.20. The van der Waals surface area contributed by atoms with Gasteiger partial charge in [0.25, 0.3) is 0 Å². The highest BCUT2D eigenvalue weighted by Crippen LogP contribution is 2.29. The number of hydrogen-bond donors (Lipinski definition) is 0. The fourth-order valence-corrected chi connectivity index (χ4v) is 2.95. The van der Waals surface area contributed by atoms with E-state index in [9.17, 15) is 9.59 Å². The van der Waals surface area contributed by atoms with E-state index >= 15 is 0 Å². The molecule has 0 N–H and O–H groups in total. The third kappa shape index (κ3) is 3.30. The fourth-order valence-electron chi connectivity index (χ4n) is 1.78. The van der Waals surface area contributed by atoms with Crippen molar-refractivity contribution in [3.63, 3.8) is 0 Å². The van der Waals surface area contributed by atoms with Gasteiger partial charge in [-0.2, -0.15) is 0 Å². The molecule has 0 aromatic heterocycles. The number of likely N-dealkylation sites (tertiary alicyclic amines) is 1. The lowest BCUT2D eigenvalue weighted by molar-refractivity contribution is -0.149. The Bertz CT molecular complexity index is 267. The highest BCUT2D eigenvalue weighted by atomic mass is 79.9. The second-order valence-corrected chi connectivity index (χ2v) is 6.12.